The number of hydrogen-bond donors (Lipinski definition) is 0. The van der Waals surface area contributed by atoms with Crippen molar-refractivity contribution in [3.63, 3.8) is 0 Å². The first-order chi connectivity index (χ1) is 30.7. The van der Waals surface area contributed by atoms with Crippen molar-refractivity contribution < 1.29 is 4.74 Å². The van der Waals surface area contributed by atoms with Crippen molar-refractivity contribution >= 4 is 17.1 Å². The summed E-state index contributed by atoms with van der Waals surface area (Å²) >= 11 is 0. The Bertz CT molecular complexity index is 3020. The lowest BCUT2D eigenvalue weighted by molar-refractivity contribution is -0.235. The minimum atomic E-state index is -0.488. The average molecular weight is 818 g/mol. The Kier molecular flexibility index (Phi) is 7.11. The fourth-order valence-electron chi connectivity index (χ4n) is 16.0. The maximum absolute atomic E-state index is 6.97. The van der Waals surface area contributed by atoms with Crippen molar-refractivity contribution in [2.75, 3.05) is 4.90 Å². The monoisotopic (exact) mass is 817 g/mol. The average Bonchev–Trinajstić information content (AvgIpc) is 3.95. The number of benzene rings is 7. The number of ether oxygens (including phenoxy) is 1. The lowest BCUT2D eigenvalue weighted by Crippen LogP contribution is -2.74. The quantitative estimate of drug-likeness (QED) is 0.172. The van der Waals surface area contributed by atoms with Crippen LogP contribution in [0.25, 0.3) is 11.1 Å². The molecule has 2 spiro atoms. The van der Waals surface area contributed by atoms with Gasteiger partial charge in [-0.3, -0.25) is 0 Å². The molecule has 0 amide bonds. The molecule has 6 unspecified atom stereocenters. The van der Waals surface area contributed by atoms with Crippen LogP contribution in [0.4, 0.5) is 17.1 Å². The van der Waals surface area contributed by atoms with Crippen molar-refractivity contribution in [2.24, 2.45) is 29.1 Å². The molecule has 4 fully saturated rings. The molecule has 6 aliphatic carbocycles. The molecular weight excluding hydrogens is 763 g/mol. The molecule has 2 heteroatoms. The summed E-state index contributed by atoms with van der Waals surface area (Å²) in [6.45, 7) is 9.79. The highest BCUT2D eigenvalue weighted by Gasteiger charge is 2.84. The third-order valence-electron chi connectivity index (χ3n) is 18.5. The molecule has 14 rings (SSSR count). The van der Waals surface area contributed by atoms with Gasteiger partial charge in [0, 0.05) is 33.6 Å². The smallest absolute Gasteiger partial charge is 0.131 e. The Morgan fingerprint density at radius 1 is 0.460 bits per heavy atom. The van der Waals surface area contributed by atoms with Crippen LogP contribution in [0.1, 0.15) is 111 Å². The van der Waals surface area contributed by atoms with Gasteiger partial charge in [0.1, 0.15) is 11.5 Å². The van der Waals surface area contributed by atoms with E-state index in [1.165, 1.54) is 111 Å². The second-order valence-electron chi connectivity index (χ2n) is 21.9. The highest BCUT2D eigenvalue weighted by atomic mass is 16.5. The molecule has 6 atom stereocenters. The van der Waals surface area contributed by atoms with Gasteiger partial charge in [-0.15, -0.1) is 0 Å². The van der Waals surface area contributed by atoms with E-state index < -0.39 is 5.41 Å². The van der Waals surface area contributed by atoms with Gasteiger partial charge in [0.05, 0.1) is 5.41 Å². The first-order valence-corrected chi connectivity index (χ1v) is 23.9. The number of nitrogens with zero attached hydrogens (tertiary/aromatic N) is 1. The Balaban J connectivity index is 1.01. The van der Waals surface area contributed by atoms with E-state index in [9.17, 15) is 0 Å². The molecule has 310 valence electrons. The molecule has 1 aliphatic heterocycles. The summed E-state index contributed by atoms with van der Waals surface area (Å²) in [4.78, 5) is 2.60. The van der Waals surface area contributed by atoms with Crippen molar-refractivity contribution in [3.05, 3.63) is 208 Å². The van der Waals surface area contributed by atoms with E-state index in [4.69, 9.17) is 4.74 Å². The predicted octanol–water partition coefficient (Wildman–Crippen LogP) is 15.3. The standard InChI is InChI=1S/C61H55NO/c1-57(2)29-30-58(3,4)51-35-43(25-27-49(51)57)62(42-18-14-17-40(33-42)60(39-15-6-5-7-16-39)47-21-10-8-19-45(47)46-20-9-11-22-48(46)60)44-26-28-54-52(36-44)61(50-23-12-13-24-53(50)63-54)55-32-38-31-41-34-56(61)59(41,55)37-38/h5-28,33,35-36,38,41,55-56H,29-32,34,37H2,1-4H3. The molecule has 4 saturated carbocycles. The molecule has 63 heavy (non-hydrogen) atoms. The van der Waals surface area contributed by atoms with E-state index in [-0.39, 0.29) is 16.2 Å². The summed E-state index contributed by atoms with van der Waals surface area (Å²) in [5, 5.41) is 0. The van der Waals surface area contributed by atoms with Crippen LogP contribution in [-0.4, -0.2) is 0 Å². The van der Waals surface area contributed by atoms with Crippen molar-refractivity contribution in [2.45, 2.75) is 87.9 Å². The SMILES string of the molecule is CC1(C)CCC(C)(C)c2cc(N(c3cccc(C4(c5ccccc5)c5ccccc5-c5ccccc54)c3)c3ccc4c(c3)C3(c5ccccc5O4)C4CC5CC6CC3C64C5)ccc21. The third-order valence-corrected chi connectivity index (χ3v) is 18.5. The van der Waals surface area contributed by atoms with E-state index in [0.717, 1.165) is 23.3 Å². The van der Waals surface area contributed by atoms with Crippen LogP contribution in [0.3, 0.4) is 0 Å². The highest BCUT2D eigenvalue weighted by Crippen LogP contribution is 2.89. The van der Waals surface area contributed by atoms with E-state index >= 15 is 0 Å². The molecule has 7 aliphatic rings. The van der Waals surface area contributed by atoms with Crippen LogP contribution in [-0.2, 0) is 21.7 Å². The lowest BCUT2D eigenvalue weighted by Gasteiger charge is -2.77. The fraction of sp³-hybridized carbons (Fsp3) is 0.311. The molecule has 7 aromatic rings. The molecular formula is C61H55NO. The summed E-state index contributed by atoms with van der Waals surface area (Å²) in [5.41, 5.74) is 17.6. The van der Waals surface area contributed by atoms with Gasteiger partial charge >= 0.3 is 0 Å². The first-order valence-electron chi connectivity index (χ1n) is 23.9. The molecule has 0 aromatic heterocycles. The van der Waals surface area contributed by atoms with Crippen LogP contribution in [0.15, 0.2) is 164 Å². The molecule has 2 nitrogen and oxygen atoms in total. The maximum Gasteiger partial charge on any atom is 0.131 e. The summed E-state index contributed by atoms with van der Waals surface area (Å²) in [5.74, 6) is 5.31. The summed E-state index contributed by atoms with van der Waals surface area (Å²) in [7, 11) is 0. The van der Waals surface area contributed by atoms with E-state index in [0.29, 0.717) is 17.3 Å². The number of fused-ring (bicyclic) bond motifs is 11. The molecule has 0 radical (unpaired) electrons. The normalized spacial score (nSPS) is 28.3. The van der Waals surface area contributed by atoms with Crippen molar-refractivity contribution in [1.29, 1.82) is 0 Å². The van der Waals surface area contributed by atoms with E-state index in [1.54, 1.807) is 0 Å². The van der Waals surface area contributed by atoms with Crippen LogP contribution >= 0.6 is 0 Å². The van der Waals surface area contributed by atoms with Gasteiger partial charge in [-0.25, -0.2) is 0 Å². The summed E-state index contributed by atoms with van der Waals surface area (Å²) < 4.78 is 6.97. The zero-order valence-electron chi connectivity index (χ0n) is 37.0. The van der Waals surface area contributed by atoms with Crippen LogP contribution in [0.2, 0.25) is 0 Å². The van der Waals surface area contributed by atoms with Crippen LogP contribution in [0.5, 0.6) is 11.5 Å². The van der Waals surface area contributed by atoms with Crippen molar-refractivity contribution in [3.8, 4) is 22.6 Å². The molecule has 1 heterocycles. The lowest BCUT2D eigenvalue weighted by atomic mass is 9.26. The first kappa shape index (κ1) is 36.6. The van der Waals surface area contributed by atoms with Crippen molar-refractivity contribution in [1.82, 2.24) is 0 Å². The zero-order valence-corrected chi connectivity index (χ0v) is 37.0. The van der Waals surface area contributed by atoms with Gasteiger partial charge in [-0.2, -0.15) is 0 Å². The van der Waals surface area contributed by atoms with Gasteiger partial charge in [0.25, 0.3) is 0 Å². The number of anilines is 3. The Morgan fingerprint density at radius 2 is 1.05 bits per heavy atom. The van der Waals surface area contributed by atoms with Gasteiger partial charge in [0.2, 0.25) is 0 Å². The number of hydrogen-bond acceptors (Lipinski definition) is 2. The molecule has 0 N–H and O–H groups in total. The second-order valence-corrected chi connectivity index (χ2v) is 21.9. The molecule has 0 saturated heterocycles. The Hall–Kier alpha value is -5.86. The summed E-state index contributed by atoms with van der Waals surface area (Å²) in [6, 6.07) is 62.9. The Morgan fingerprint density at radius 3 is 1.79 bits per heavy atom. The minimum absolute atomic E-state index is 0.00409. The molecule has 2 bridgehead atoms. The molecule has 7 aromatic carbocycles. The van der Waals surface area contributed by atoms with Crippen LogP contribution in [0, 0.1) is 29.1 Å². The second kappa shape index (κ2) is 12.2. The summed E-state index contributed by atoms with van der Waals surface area (Å²) in [6.07, 6.45) is 8.00. The minimum Gasteiger partial charge on any atom is -0.457 e. The zero-order chi connectivity index (χ0) is 42.1. The largest absolute Gasteiger partial charge is 0.457 e. The maximum atomic E-state index is 6.97. The predicted molar refractivity (Wildman–Crippen MR) is 256 cm³/mol. The fourth-order valence-corrected chi connectivity index (χ4v) is 16.0. The van der Waals surface area contributed by atoms with Gasteiger partial charge in [0.15, 0.2) is 0 Å². The third kappa shape index (κ3) is 4.41. The topological polar surface area (TPSA) is 12.5 Å². The van der Waals surface area contributed by atoms with Gasteiger partial charge in [-0.05, 0) is 171 Å². The number of rotatable bonds is 5. The van der Waals surface area contributed by atoms with Gasteiger partial charge in [-0.1, -0.05) is 143 Å². The van der Waals surface area contributed by atoms with E-state index in [1.807, 2.05) is 0 Å². The van der Waals surface area contributed by atoms with Gasteiger partial charge < -0.3 is 9.64 Å². The Labute approximate surface area is 373 Å². The van der Waals surface area contributed by atoms with Crippen LogP contribution < -0.4 is 9.64 Å². The van der Waals surface area contributed by atoms with E-state index in [2.05, 4.69) is 196 Å². The highest BCUT2D eigenvalue weighted by molar-refractivity contribution is 5.87. The number of para-hydroxylation sites is 1.